The third-order valence-corrected chi connectivity index (χ3v) is 5.38. The number of hydrogen-bond donors (Lipinski definition) is 1. The van der Waals surface area contributed by atoms with E-state index in [0.717, 1.165) is 12.8 Å². The van der Waals surface area contributed by atoms with Crippen LogP contribution in [0.3, 0.4) is 0 Å². The molecule has 0 spiro atoms. The van der Waals surface area contributed by atoms with Gasteiger partial charge in [-0.3, -0.25) is 14.5 Å². The monoisotopic (exact) mass is 389 g/mol. The summed E-state index contributed by atoms with van der Waals surface area (Å²) in [6.45, 7) is 2.47. The van der Waals surface area contributed by atoms with Gasteiger partial charge >= 0.3 is 6.09 Å². The van der Waals surface area contributed by atoms with Crippen molar-refractivity contribution in [1.82, 2.24) is 14.7 Å². The second kappa shape index (κ2) is 8.95. The van der Waals surface area contributed by atoms with E-state index in [4.69, 9.17) is 4.74 Å². The number of carbonyl (C=O) groups is 3. The molecule has 2 saturated heterocycles. The maximum atomic E-state index is 13.1. The lowest BCUT2D eigenvalue weighted by Gasteiger charge is -2.36. The van der Waals surface area contributed by atoms with Gasteiger partial charge in [0.1, 0.15) is 11.8 Å². The van der Waals surface area contributed by atoms with Gasteiger partial charge in [-0.15, -0.1) is 0 Å². The molecule has 8 nitrogen and oxygen atoms in total. The fraction of sp³-hybridized carbons (Fsp3) is 0.550. The molecule has 2 aliphatic heterocycles. The van der Waals surface area contributed by atoms with Crippen molar-refractivity contribution in [2.45, 2.75) is 31.7 Å². The summed E-state index contributed by atoms with van der Waals surface area (Å²) in [5.74, 6) is -0.173. The fourth-order valence-electron chi connectivity index (χ4n) is 3.90. The van der Waals surface area contributed by atoms with Crippen LogP contribution in [0.4, 0.5) is 4.79 Å². The Labute approximate surface area is 164 Å². The molecule has 0 aliphatic carbocycles. The van der Waals surface area contributed by atoms with E-state index in [1.165, 1.54) is 24.1 Å². The first-order valence-electron chi connectivity index (χ1n) is 9.73. The molecule has 152 valence electrons. The van der Waals surface area contributed by atoms with Crippen LogP contribution in [0.5, 0.6) is 5.75 Å². The average molecular weight is 389 g/mol. The molecule has 1 N–H and O–H groups in total. The lowest BCUT2D eigenvalue weighted by atomic mass is 10.0. The van der Waals surface area contributed by atoms with Crippen molar-refractivity contribution in [1.29, 1.82) is 0 Å². The number of hydrogen-bond acceptors (Lipinski definition) is 5. The summed E-state index contributed by atoms with van der Waals surface area (Å²) in [5.41, 5.74) is 0.434. The van der Waals surface area contributed by atoms with Crippen molar-refractivity contribution in [2.24, 2.45) is 0 Å². The SMILES string of the molecule is COC(=O)N1CCCCC1C(=O)N1CCCN(C(=O)c2cccc(O)c2)CC1. The van der Waals surface area contributed by atoms with Crippen LogP contribution in [0.25, 0.3) is 0 Å². The predicted molar refractivity (Wildman–Crippen MR) is 102 cm³/mol. The third-order valence-electron chi connectivity index (χ3n) is 5.38. The second-order valence-corrected chi connectivity index (χ2v) is 7.20. The Morgan fingerprint density at radius 1 is 1.00 bits per heavy atom. The molecular weight excluding hydrogens is 362 g/mol. The van der Waals surface area contributed by atoms with Crippen molar-refractivity contribution in [3.8, 4) is 5.75 Å². The van der Waals surface area contributed by atoms with Gasteiger partial charge in [-0.05, 0) is 43.9 Å². The molecule has 0 saturated carbocycles. The second-order valence-electron chi connectivity index (χ2n) is 7.20. The molecule has 1 aromatic carbocycles. The number of carbonyl (C=O) groups excluding carboxylic acids is 3. The molecule has 28 heavy (non-hydrogen) atoms. The third kappa shape index (κ3) is 4.37. The smallest absolute Gasteiger partial charge is 0.410 e. The van der Waals surface area contributed by atoms with Gasteiger partial charge in [0.25, 0.3) is 5.91 Å². The number of phenolic OH excluding ortho intramolecular Hbond substituents is 1. The minimum absolute atomic E-state index is 0.0534. The zero-order chi connectivity index (χ0) is 20.1. The Bertz CT molecular complexity index is 738. The lowest BCUT2D eigenvalue weighted by Crippen LogP contribution is -2.53. The van der Waals surface area contributed by atoms with Crippen LogP contribution in [-0.4, -0.2) is 83.6 Å². The molecule has 8 heteroatoms. The normalized spacial score (nSPS) is 20.5. The quantitative estimate of drug-likeness (QED) is 0.831. The zero-order valence-corrected chi connectivity index (χ0v) is 16.2. The fourth-order valence-corrected chi connectivity index (χ4v) is 3.90. The van der Waals surface area contributed by atoms with E-state index in [-0.39, 0.29) is 17.6 Å². The average Bonchev–Trinajstić information content (AvgIpc) is 2.98. The molecule has 2 fully saturated rings. The number of nitrogens with zero attached hydrogens (tertiary/aromatic N) is 3. The summed E-state index contributed by atoms with van der Waals surface area (Å²) < 4.78 is 4.83. The topological polar surface area (TPSA) is 90.4 Å². The highest BCUT2D eigenvalue weighted by molar-refractivity contribution is 5.94. The Hall–Kier alpha value is -2.77. The highest BCUT2D eigenvalue weighted by Crippen LogP contribution is 2.21. The minimum Gasteiger partial charge on any atom is -0.508 e. The number of methoxy groups -OCH3 is 1. The highest BCUT2D eigenvalue weighted by atomic mass is 16.5. The van der Waals surface area contributed by atoms with Gasteiger partial charge in [-0.25, -0.2) is 4.79 Å². The number of benzene rings is 1. The molecule has 2 aliphatic rings. The number of phenols is 1. The zero-order valence-electron chi connectivity index (χ0n) is 16.2. The molecule has 0 aromatic heterocycles. The van der Waals surface area contributed by atoms with Gasteiger partial charge in [0.2, 0.25) is 5.91 Å². The van der Waals surface area contributed by atoms with E-state index in [2.05, 4.69) is 0 Å². The number of rotatable bonds is 2. The number of aromatic hydroxyl groups is 1. The maximum absolute atomic E-state index is 13.1. The van der Waals surface area contributed by atoms with E-state index >= 15 is 0 Å². The van der Waals surface area contributed by atoms with Crippen molar-refractivity contribution >= 4 is 17.9 Å². The van der Waals surface area contributed by atoms with Crippen LogP contribution in [0.2, 0.25) is 0 Å². The Balaban J connectivity index is 1.65. The molecule has 1 aromatic rings. The van der Waals surface area contributed by atoms with E-state index in [9.17, 15) is 19.5 Å². The summed E-state index contributed by atoms with van der Waals surface area (Å²) in [5, 5.41) is 9.60. The van der Waals surface area contributed by atoms with Crippen LogP contribution < -0.4 is 0 Å². The van der Waals surface area contributed by atoms with Crippen LogP contribution in [0.15, 0.2) is 24.3 Å². The first kappa shape index (κ1) is 20.0. The predicted octanol–water partition coefficient (Wildman–Crippen LogP) is 1.69. The van der Waals surface area contributed by atoms with Gasteiger partial charge in [0, 0.05) is 38.3 Å². The number of ether oxygens (including phenoxy) is 1. The van der Waals surface area contributed by atoms with Gasteiger partial charge in [0.05, 0.1) is 7.11 Å². The van der Waals surface area contributed by atoms with Crippen molar-refractivity contribution in [3.63, 3.8) is 0 Å². The van der Waals surface area contributed by atoms with Gasteiger partial charge < -0.3 is 19.6 Å². The molecule has 0 radical (unpaired) electrons. The number of likely N-dealkylation sites (tertiary alicyclic amines) is 1. The van der Waals surface area contributed by atoms with Crippen molar-refractivity contribution in [2.75, 3.05) is 39.8 Å². The van der Waals surface area contributed by atoms with Crippen LogP contribution in [-0.2, 0) is 9.53 Å². The van der Waals surface area contributed by atoms with E-state index in [0.29, 0.717) is 51.1 Å². The van der Waals surface area contributed by atoms with Crippen molar-refractivity contribution < 1.29 is 24.2 Å². The maximum Gasteiger partial charge on any atom is 0.410 e. The van der Waals surface area contributed by atoms with Gasteiger partial charge in [-0.2, -0.15) is 0 Å². The Kier molecular flexibility index (Phi) is 6.38. The van der Waals surface area contributed by atoms with Gasteiger partial charge in [-0.1, -0.05) is 6.07 Å². The number of amides is 3. The Morgan fingerprint density at radius 3 is 2.50 bits per heavy atom. The van der Waals surface area contributed by atoms with E-state index < -0.39 is 12.1 Å². The molecular formula is C20H27N3O5. The summed E-state index contributed by atoms with van der Waals surface area (Å²) in [4.78, 5) is 42.8. The first-order valence-corrected chi connectivity index (χ1v) is 9.73. The first-order chi connectivity index (χ1) is 13.5. The Morgan fingerprint density at radius 2 is 1.75 bits per heavy atom. The standard InChI is InChI=1S/C20H27N3O5/c1-28-20(27)23-11-3-2-8-17(23)19(26)22-10-5-9-21(12-13-22)18(25)15-6-4-7-16(24)14-15/h4,6-7,14,17,24H,2-3,5,8-13H2,1H3. The molecule has 3 amide bonds. The van der Waals surface area contributed by atoms with E-state index in [1.807, 2.05) is 0 Å². The minimum atomic E-state index is -0.491. The van der Waals surface area contributed by atoms with E-state index in [1.54, 1.807) is 21.9 Å². The molecule has 0 bridgehead atoms. The summed E-state index contributed by atoms with van der Waals surface area (Å²) in [6, 6.07) is 5.80. The molecule has 3 rings (SSSR count). The lowest BCUT2D eigenvalue weighted by molar-refractivity contribution is -0.137. The molecule has 1 atom stereocenters. The van der Waals surface area contributed by atoms with Crippen molar-refractivity contribution in [3.05, 3.63) is 29.8 Å². The summed E-state index contributed by atoms with van der Waals surface area (Å²) in [7, 11) is 1.33. The summed E-state index contributed by atoms with van der Waals surface area (Å²) >= 11 is 0. The highest BCUT2D eigenvalue weighted by Gasteiger charge is 2.36. The molecule has 1 unspecified atom stereocenters. The van der Waals surface area contributed by atoms with Crippen LogP contribution in [0.1, 0.15) is 36.0 Å². The van der Waals surface area contributed by atoms with Crippen LogP contribution in [0, 0.1) is 0 Å². The largest absolute Gasteiger partial charge is 0.508 e. The van der Waals surface area contributed by atoms with Crippen LogP contribution >= 0.6 is 0 Å². The summed E-state index contributed by atoms with van der Waals surface area (Å²) in [6.07, 6.45) is 2.61. The van der Waals surface area contributed by atoms with Gasteiger partial charge in [0.15, 0.2) is 0 Å². The molecule has 2 heterocycles. The number of piperidine rings is 1.